The molecule has 0 saturated heterocycles. The number of fused-ring (bicyclic) bond motifs is 5. The van der Waals surface area contributed by atoms with Gasteiger partial charge in [-0.3, -0.25) is 4.79 Å². The number of pyridine rings is 2. The lowest BCUT2D eigenvalue weighted by Gasteiger charge is -2.48. The molecule has 0 N–H and O–H groups in total. The Bertz CT molecular complexity index is 3550. The minimum atomic E-state index is -0.396. The van der Waals surface area contributed by atoms with E-state index in [1.165, 1.54) is 33.6 Å². The van der Waals surface area contributed by atoms with Crippen LogP contribution < -0.4 is 20.7 Å². The first-order valence-electron chi connectivity index (χ1n) is 25.7. The van der Waals surface area contributed by atoms with Crippen LogP contribution in [0.1, 0.15) is 131 Å². The summed E-state index contributed by atoms with van der Waals surface area (Å²) in [4.78, 5) is 38.4. The van der Waals surface area contributed by atoms with Gasteiger partial charge in [0.05, 0.1) is 34.7 Å². The molecule has 0 amide bonds. The van der Waals surface area contributed by atoms with Crippen molar-refractivity contribution in [3.8, 4) is 28.6 Å². The van der Waals surface area contributed by atoms with Gasteiger partial charge in [-0.2, -0.15) is 5.26 Å². The normalized spacial score (nSPS) is 18.2. The van der Waals surface area contributed by atoms with E-state index in [9.17, 15) is 14.9 Å². The molecule has 12 rings (SSSR count). The van der Waals surface area contributed by atoms with Crippen LogP contribution >= 0.6 is 0 Å². The van der Waals surface area contributed by atoms with Gasteiger partial charge in [0, 0.05) is 60.1 Å². The molecular formula is C64H60N6O2. The molecule has 8 nitrogen and oxygen atoms in total. The topological polar surface area (TPSA) is 77.6 Å². The molecule has 0 unspecified atom stereocenters. The molecule has 8 aromatic rings. The standard InChI is InChI=1S/C64H60N6O2/c1-61(2)24-28-67-29-25-62(3,4)47-33-39(32-46(61)58(47)67)20-22-43-36-50(71)45(38-65)57-52-53(56(69(43)57)42-18-14-11-15-19-42)60-54(66-9)51(72)37-44(70(60)55(52)41-16-12-10-13-17-41)23-21-40-34-48-59-49(35-40)64(7,8)27-31-68(59)30-26-63(48,5)6/h10-23,32-37H,24-31H2,1-8H3/b22-20+,23-21+. The van der Waals surface area contributed by atoms with Crippen molar-refractivity contribution in [3.63, 3.8) is 0 Å². The molecule has 0 aliphatic carbocycles. The van der Waals surface area contributed by atoms with Crippen molar-refractivity contribution in [1.29, 1.82) is 5.26 Å². The van der Waals surface area contributed by atoms with E-state index < -0.39 is 10.9 Å². The molecule has 4 aliphatic heterocycles. The van der Waals surface area contributed by atoms with Crippen LogP contribution in [0.2, 0.25) is 0 Å². The highest BCUT2D eigenvalue weighted by Gasteiger charge is 2.42. The SMILES string of the molecule is [C-]#[N+]c1c(=O)cc(/C=C/c2cc3c4c(c2)C(C)(C)CCN4CCC3(C)C)n2c(-c3ccccc3)c3c(c(-c4ccccc4)n4c(/C=C/c5cc6c7c(c5)C(C)(C)CCN7CCC6(C)C)cc(=O)c(C#N)c34)c12. The zero-order valence-corrected chi connectivity index (χ0v) is 42.7. The van der Waals surface area contributed by atoms with E-state index in [1.807, 2.05) is 81.6 Å². The minimum Gasteiger partial charge on any atom is -0.371 e. The molecular weight excluding hydrogens is 885 g/mol. The van der Waals surface area contributed by atoms with Crippen molar-refractivity contribution in [3.05, 3.63) is 179 Å². The average molecular weight is 945 g/mol. The highest BCUT2D eigenvalue weighted by Crippen LogP contribution is 2.52. The van der Waals surface area contributed by atoms with Crippen LogP contribution in [-0.2, 0) is 21.7 Å². The fourth-order valence-electron chi connectivity index (χ4n) is 12.8. The van der Waals surface area contributed by atoms with Crippen LogP contribution in [0.25, 0.3) is 73.5 Å². The van der Waals surface area contributed by atoms with E-state index in [-0.39, 0.29) is 32.9 Å². The van der Waals surface area contributed by atoms with Crippen LogP contribution in [0.3, 0.4) is 0 Å². The Morgan fingerprint density at radius 2 is 0.903 bits per heavy atom. The molecule has 8 heteroatoms. The molecule has 8 heterocycles. The maximum absolute atomic E-state index is 14.6. The van der Waals surface area contributed by atoms with Gasteiger partial charge in [0.2, 0.25) is 5.43 Å². The largest absolute Gasteiger partial charge is 0.371 e. The smallest absolute Gasteiger partial charge is 0.257 e. The fourth-order valence-corrected chi connectivity index (χ4v) is 12.8. The number of rotatable bonds is 6. The summed E-state index contributed by atoms with van der Waals surface area (Å²) in [5.74, 6) is 0. The molecule has 4 aromatic heterocycles. The first-order chi connectivity index (χ1) is 34.4. The third kappa shape index (κ3) is 6.75. The highest BCUT2D eigenvalue weighted by molar-refractivity contribution is 6.24. The Labute approximate surface area is 422 Å². The molecule has 72 heavy (non-hydrogen) atoms. The highest BCUT2D eigenvalue weighted by atomic mass is 16.1. The number of anilines is 2. The van der Waals surface area contributed by atoms with Crippen molar-refractivity contribution >= 4 is 63.2 Å². The Morgan fingerprint density at radius 1 is 0.528 bits per heavy atom. The van der Waals surface area contributed by atoms with Crippen LogP contribution in [0.4, 0.5) is 17.1 Å². The lowest BCUT2D eigenvalue weighted by molar-refractivity contribution is 0.401. The number of nitrogens with zero attached hydrogens (tertiary/aromatic N) is 6. The summed E-state index contributed by atoms with van der Waals surface area (Å²) in [6, 6.07) is 34.7. The van der Waals surface area contributed by atoms with E-state index in [0.29, 0.717) is 44.6 Å². The predicted molar refractivity (Wildman–Crippen MR) is 297 cm³/mol. The van der Waals surface area contributed by atoms with Crippen molar-refractivity contribution in [1.82, 2.24) is 8.80 Å². The minimum absolute atomic E-state index is 0.000297. The van der Waals surface area contributed by atoms with Crippen molar-refractivity contribution in [2.45, 2.75) is 103 Å². The number of aromatic nitrogens is 2. The maximum Gasteiger partial charge on any atom is 0.257 e. The Morgan fingerprint density at radius 3 is 1.29 bits per heavy atom. The van der Waals surface area contributed by atoms with Gasteiger partial charge in [-0.25, -0.2) is 4.85 Å². The Kier molecular flexibility index (Phi) is 10.0. The summed E-state index contributed by atoms with van der Waals surface area (Å²) in [5, 5.41) is 12.4. The molecule has 358 valence electrons. The van der Waals surface area contributed by atoms with E-state index in [1.54, 1.807) is 12.1 Å². The number of hydrogen-bond donors (Lipinski definition) is 0. The molecule has 0 bridgehead atoms. The summed E-state index contributed by atoms with van der Waals surface area (Å²) < 4.78 is 4.07. The second-order valence-corrected chi connectivity index (χ2v) is 23.5. The van der Waals surface area contributed by atoms with Gasteiger partial charge in [0.1, 0.15) is 11.6 Å². The summed E-state index contributed by atoms with van der Waals surface area (Å²) >= 11 is 0. The lowest BCUT2D eigenvalue weighted by atomic mass is 9.69. The Hall–Kier alpha value is -7.68. The van der Waals surface area contributed by atoms with Crippen molar-refractivity contribution in [2.24, 2.45) is 0 Å². The number of nitriles is 1. The summed E-state index contributed by atoms with van der Waals surface area (Å²) in [6.07, 6.45) is 12.5. The van der Waals surface area contributed by atoms with Crippen molar-refractivity contribution < 1.29 is 0 Å². The van der Waals surface area contributed by atoms with Crippen LogP contribution in [0.15, 0.2) is 107 Å². The first-order valence-corrected chi connectivity index (χ1v) is 25.7. The first kappa shape index (κ1) is 45.5. The molecule has 0 radical (unpaired) electrons. The molecule has 0 fully saturated rings. The molecule has 0 spiro atoms. The van der Waals surface area contributed by atoms with E-state index in [2.05, 4.69) is 113 Å². The lowest BCUT2D eigenvalue weighted by Crippen LogP contribution is -2.44. The summed E-state index contributed by atoms with van der Waals surface area (Å²) in [6.45, 7) is 31.6. The molecule has 0 atom stereocenters. The van der Waals surface area contributed by atoms with Crippen LogP contribution in [0.5, 0.6) is 0 Å². The zero-order chi connectivity index (χ0) is 50.2. The summed E-state index contributed by atoms with van der Waals surface area (Å²) in [7, 11) is 0. The Balaban J connectivity index is 1.17. The maximum atomic E-state index is 14.6. The van der Waals surface area contributed by atoms with Crippen molar-refractivity contribution in [2.75, 3.05) is 36.0 Å². The van der Waals surface area contributed by atoms with Gasteiger partial charge < -0.3 is 23.4 Å². The number of hydrogen-bond acceptors (Lipinski definition) is 5. The third-order valence-corrected chi connectivity index (χ3v) is 17.2. The van der Waals surface area contributed by atoms with Crippen LogP contribution in [-0.4, -0.2) is 35.0 Å². The third-order valence-electron chi connectivity index (χ3n) is 17.2. The van der Waals surface area contributed by atoms with Gasteiger partial charge >= 0.3 is 0 Å². The van der Waals surface area contributed by atoms with E-state index in [0.717, 1.165) is 74.1 Å². The average Bonchev–Trinajstić information content (AvgIpc) is 3.88. The van der Waals surface area contributed by atoms with Gasteiger partial charge in [-0.15, -0.1) is 0 Å². The monoisotopic (exact) mass is 944 g/mol. The second-order valence-electron chi connectivity index (χ2n) is 23.5. The molecule has 4 aromatic carbocycles. The van der Waals surface area contributed by atoms with Gasteiger partial charge in [-0.05, 0) is 134 Å². The van der Waals surface area contributed by atoms with E-state index >= 15 is 0 Å². The van der Waals surface area contributed by atoms with E-state index in [4.69, 9.17) is 6.57 Å². The second kappa shape index (κ2) is 15.9. The van der Waals surface area contributed by atoms with Crippen LogP contribution in [0, 0.1) is 17.9 Å². The summed E-state index contributed by atoms with van der Waals surface area (Å²) in [5.41, 5.74) is 14.5. The quantitative estimate of drug-likeness (QED) is 0.155. The van der Waals surface area contributed by atoms with Gasteiger partial charge in [0.25, 0.3) is 5.69 Å². The van der Waals surface area contributed by atoms with Gasteiger partial charge in [0.15, 0.2) is 5.43 Å². The number of benzene rings is 4. The zero-order valence-electron chi connectivity index (χ0n) is 42.7. The van der Waals surface area contributed by atoms with Gasteiger partial charge in [-0.1, -0.05) is 128 Å². The fraction of sp³-hybridized carbons (Fsp3) is 0.312. The molecule has 0 saturated carbocycles. The predicted octanol–water partition coefficient (Wildman–Crippen LogP) is 13.9. The molecule has 4 aliphatic rings.